The summed E-state index contributed by atoms with van der Waals surface area (Å²) in [5, 5.41) is 0. The average Bonchev–Trinajstić information content (AvgIpc) is 3.06. The summed E-state index contributed by atoms with van der Waals surface area (Å²) in [6, 6.07) is 0. The molecule has 3 fully saturated rings. The minimum absolute atomic E-state index is 0. The van der Waals surface area contributed by atoms with Crippen LogP contribution in [0.4, 0.5) is 5.69 Å². The molecule has 0 aromatic carbocycles. The van der Waals surface area contributed by atoms with E-state index in [0.717, 1.165) is 12.5 Å². The quantitative estimate of drug-likeness (QED) is 0.755. The summed E-state index contributed by atoms with van der Waals surface area (Å²) < 4.78 is 0. The molecule has 4 heterocycles. The molecule has 0 N–H and O–H groups in total. The Morgan fingerprint density at radius 2 is 1.76 bits per heavy atom. The first-order valence-electron chi connectivity index (χ1n) is 6.61. The Bertz CT molecular complexity index is 435. The van der Waals surface area contributed by atoms with Crippen molar-refractivity contribution < 1.29 is 0 Å². The van der Waals surface area contributed by atoms with Gasteiger partial charge in [-0.15, -0.1) is 49.6 Å². The Morgan fingerprint density at radius 1 is 1.05 bits per heavy atom. The maximum Gasteiger partial charge on any atom is 0.115 e. The van der Waals surface area contributed by atoms with Gasteiger partial charge in [0.05, 0.1) is 18.1 Å². The van der Waals surface area contributed by atoms with Gasteiger partial charge in [0.15, 0.2) is 0 Å². The third-order valence-electron chi connectivity index (χ3n) is 4.87. The van der Waals surface area contributed by atoms with E-state index in [9.17, 15) is 0 Å². The van der Waals surface area contributed by atoms with Crippen LogP contribution in [-0.2, 0) is 0 Å². The Hall–Kier alpha value is -0.000000000000000167. The summed E-state index contributed by atoms with van der Waals surface area (Å²) in [4.78, 5) is 13.4. The van der Waals surface area contributed by atoms with Crippen molar-refractivity contribution in [3.05, 3.63) is 18.7 Å². The highest BCUT2D eigenvalue weighted by Crippen LogP contribution is 2.46. The summed E-state index contributed by atoms with van der Waals surface area (Å²) in [6.07, 6.45) is 9.64. The molecular formula is C13H22Cl4N4. The van der Waals surface area contributed by atoms with Crippen molar-refractivity contribution in [2.24, 2.45) is 5.92 Å². The molecule has 4 rings (SSSR count). The maximum atomic E-state index is 4.13. The van der Waals surface area contributed by atoms with Crippen molar-refractivity contribution >= 4 is 55.3 Å². The molecule has 0 aliphatic carbocycles. The number of anilines is 1. The van der Waals surface area contributed by atoms with Gasteiger partial charge in [0, 0.05) is 25.2 Å². The highest BCUT2D eigenvalue weighted by atomic mass is 35.5. The Labute approximate surface area is 150 Å². The molecule has 1 aromatic heterocycles. The molecule has 1 spiro atoms. The van der Waals surface area contributed by atoms with E-state index in [1.807, 2.05) is 12.4 Å². The average molecular weight is 376 g/mol. The van der Waals surface area contributed by atoms with Crippen LogP contribution in [0, 0.1) is 5.92 Å². The third kappa shape index (κ3) is 3.50. The minimum atomic E-state index is 0. The molecule has 21 heavy (non-hydrogen) atoms. The van der Waals surface area contributed by atoms with E-state index in [0.29, 0.717) is 5.54 Å². The van der Waals surface area contributed by atoms with Gasteiger partial charge < -0.3 is 4.90 Å². The molecule has 0 radical (unpaired) electrons. The lowest BCUT2D eigenvalue weighted by Crippen LogP contribution is -2.46. The zero-order valence-electron chi connectivity index (χ0n) is 11.7. The van der Waals surface area contributed by atoms with Crippen molar-refractivity contribution in [2.75, 3.05) is 31.1 Å². The van der Waals surface area contributed by atoms with Gasteiger partial charge in [-0.2, -0.15) is 0 Å². The van der Waals surface area contributed by atoms with E-state index in [1.54, 1.807) is 6.33 Å². The SMILES string of the molecule is Cl.Cl.Cl.Cl.c1ncc(N2CCC3(CC4CCN3C4)C2)cn1. The van der Waals surface area contributed by atoms with Crippen molar-refractivity contribution in [3.8, 4) is 0 Å². The van der Waals surface area contributed by atoms with Gasteiger partial charge in [-0.05, 0) is 31.7 Å². The number of halogens is 4. The lowest BCUT2D eigenvalue weighted by Gasteiger charge is -2.36. The van der Waals surface area contributed by atoms with Crippen LogP contribution >= 0.6 is 49.6 Å². The van der Waals surface area contributed by atoms with Crippen molar-refractivity contribution in [1.82, 2.24) is 14.9 Å². The molecule has 1 aromatic rings. The molecule has 2 bridgehead atoms. The molecule has 3 aliphatic rings. The highest BCUT2D eigenvalue weighted by Gasteiger charge is 2.52. The second-order valence-electron chi connectivity index (χ2n) is 5.80. The topological polar surface area (TPSA) is 32.3 Å². The predicted octanol–water partition coefficient (Wildman–Crippen LogP) is 2.84. The Kier molecular flexibility index (Phi) is 8.02. The summed E-state index contributed by atoms with van der Waals surface area (Å²) in [6.45, 7) is 5.01. The molecule has 4 nitrogen and oxygen atoms in total. The largest absolute Gasteiger partial charge is 0.367 e. The van der Waals surface area contributed by atoms with E-state index in [-0.39, 0.29) is 49.6 Å². The lowest BCUT2D eigenvalue weighted by atomic mass is 9.87. The number of aromatic nitrogens is 2. The molecule has 0 saturated carbocycles. The minimum Gasteiger partial charge on any atom is -0.367 e. The second kappa shape index (κ2) is 8.02. The van der Waals surface area contributed by atoms with Crippen LogP contribution < -0.4 is 4.90 Å². The van der Waals surface area contributed by atoms with Gasteiger partial charge in [0.25, 0.3) is 0 Å². The van der Waals surface area contributed by atoms with Crippen LogP contribution in [0.15, 0.2) is 18.7 Å². The van der Waals surface area contributed by atoms with Crippen molar-refractivity contribution in [2.45, 2.75) is 24.8 Å². The fourth-order valence-electron chi connectivity index (χ4n) is 4.05. The van der Waals surface area contributed by atoms with Gasteiger partial charge in [0.1, 0.15) is 6.33 Å². The first-order chi connectivity index (χ1) is 8.36. The van der Waals surface area contributed by atoms with Crippen LogP contribution in [0.3, 0.4) is 0 Å². The van der Waals surface area contributed by atoms with Crippen molar-refractivity contribution in [1.29, 1.82) is 0 Å². The molecule has 8 heteroatoms. The molecule has 3 atom stereocenters. The van der Waals surface area contributed by atoms with Gasteiger partial charge >= 0.3 is 0 Å². The van der Waals surface area contributed by atoms with E-state index in [2.05, 4.69) is 19.8 Å². The normalized spacial score (nSPS) is 31.9. The van der Waals surface area contributed by atoms with E-state index in [1.165, 1.54) is 44.6 Å². The van der Waals surface area contributed by atoms with Crippen LogP contribution in [0.5, 0.6) is 0 Å². The van der Waals surface area contributed by atoms with E-state index >= 15 is 0 Å². The predicted molar refractivity (Wildman–Crippen MR) is 94.9 cm³/mol. The monoisotopic (exact) mass is 374 g/mol. The summed E-state index contributed by atoms with van der Waals surface area (Å²) in [7, 11) is 0. The summed E-state index contributed by atoms with van der Waals surface area (Å²) >= 11 is 0. The number of rotatable bonds is 1. The number of fused-ring (bicyclic) bond motifs is 3. The zero-order valence-corrected chi connectivity index (χ0v) is 14.9. The fraction of sp³-hybridized carbons (Fsp3) is 0.692. The molecule has 3 saturated heterocycles. The first kappa shape index (κ1) is 21.0. The highest BCUT2D eigenvalue weighted by molar-refractivity contribution is 5.86. The maximum absolute atomic E-state index is 4.13. The van der Waals surface area contributed by atoms with Gasteiger partial charge in [-0.3, -0.25) is 4.90 Å². The Balaban J connectivity index is 0.000001000. The van der Waals surface area contributed by atoms with Crippen molar-refractivity contribution in [3.63, 3.8) is 0 Å². The van der Waals surface area contributed by atoms with Gasteiger partial charge in [-0.25, -0.2) is 9.97 Å². The number of piperidine rings is 1. The standard InChI is InChI=1S/C13H18N4.4ClH/c1-3-17-8-11(1)5-13(17)2-4-16(9-13)12-6-14-10-15-7-12;;;;/h6-7,10-11H,1-5,8-9H2;4*1H. The zero-order chi connectivity index (χ0) is 11.3. The smallest absolute Gasteiger partial charge is 0.115 e. The number of hydrogen-bond acceptors (Lipinski definition) is 4. The molecule has 122 valence electrons. The van der Waals surface area contributed by atoms with Gasteiger partial charge in [-0.1, -0.05) is 0 Å². The van der Waals surface area contributed by atoms with E-state index in [4.69, 9.17) is 0 Å². The number of nitrogens with zero attached hydrogens (tertiary/aromatic N) is 4. The summed E-state index contributed by atoms with van der Waals surface area (Å²) in [5.41, 5.74) is 1.67. The second-order valence-corrected chi connectivity index (χ2v) is 5.80. The molecule has 3 aliphatic heterocycles. The Morgan fingerprint density at radius 3 is 2.33 bits per heavy atom. The van der Waals surface area contributed by atoms with E-state index < -0.39 is 0 Å². The molecule has 3 unspecified atom stereocenters. The molecular weight excluding hydrogens is 354 g/mol. The lowest BCUT2D eigenvalue weighted by molar-refractivity contribution is 0.155. The van der Waals surface area contributed by atoms with Crippen LogP contribution in [0.2, 0.25) is 0 Å². The van der Waals surface area contributed by atoms with Crippen LogP contribution in [0.1, 0.15) is 19.3 Å². The summed E-state index contributed by atoms with van der Waals surface area (Å²) in [5.74, 6) is 0.974. The fourth-order valence-corrected chi connectivity index (χ4v) is 4.05. The third-order valence-corrected chi connectivity index (χ3v) is 4.87. The van der Waals surface area contributed by atoms with Crippen LogP contribution in [0.25, 0.3) is 0 Å². The van der Waals surface area contributed by atoms with Crippen LogP contribution in [-0.4, -0.2) is 46.6 Å². The molecule has 0 amide bonds. The number of hydrogen-bond donors (Lipinski definition) is 0. The first-order valence-corrected chi connectivity index (χ1v) is 6.61. The van der Waals surface area contributed by atoms with Gasteiger partial charge in [0.2, 0.25) is 0 Å².